The normalized spacial score (nSPS) is 11.7. The molecule has 1 N–H and O–H groups in total. The van der Waals surface area contributed by atoms with Crippen LogP contribution >= 0.6 is 0 Å². The molecule has 0 bridgehead atoms. The van der Waals surface area contributed by atoms with Crippen LogP contribution < -0.4 is 14.8 Å². The van der Waals surface area contributed by atoms with E-state index in [1.165, 1.54) is 0 Å². The largest absolute Gasteiger partial charge is 0.493 e. The van der Waals surface area contributed by atoms with Crippen molar-refractivity contribution in [3.05, 3.63) is 77.6 Å². The van der Waals surface area contributed by atoms with Crippen molar-refractivity contribution in [1.29, 1.82) is 0 Å². The average Bonchev–Trinajstić information content (AvgIpc) is 2.87. The minimum Gasteiger partial charge on any atom is -0.493 e. The first-order valence-electron chi connectivity index (χ1n) is 11.4. The molecule has 4 aromatic rings. The molecule has 0 saturated heterocycles. The Bertz CT molecular complexity index is 1380. The van der Waals surface area contributed by atoms with E-state index in [1.807, 2.05) is 55.5 Å². The summed E-state index contributed by atoms with van der Waals surface area (Å²) in [6, 6.07) is 19.6. The molecule has 35 heavy (non-hydrogen) atoms. The monoisotopic (exact) mass is 470 g/mol. The molecule has 0 aliphatic heterocycles. The first-order valence-corrected chi connectivity index (χ1v) is 11.4. The van der Waals surface area contributed by atoms with Gasteiger partial charge >= 0.3 is 0 Å². The van der Waals surface area contributed by atoms with E-state index in [0.29, 0.717) is 22.9 Å². The summed E-state index contributed by atoms with van der Waals surface area (Å²) in [5, 5.41) is 4.39. The summed E-state index contributed by atoms with van der Waals surface area (Å²) in [6.07, 6.45) is 0. The zero-order valence-electron chi connectivity index (χ0n) is 20.9. The van der Waals surface area contributed by atoms with Gasteiger partial charge in [0, 0.05) is 37.2 Å². The Balaban J connectivity index is 1.71. The molecule has 4 rings (SSSR count). The van der Waals surface area contributed by atoms with Crippen molar-refractivity contribution < 1.29 is 14.3 Å². The van der Waals surface area contributed by atoms with E-state index in [2.05, 4.69) is 34.3 Å². The molecule has 0 fully saturated rings. The number of anilines is 1. The summed E-state index contributed by atoms with van der Waals surface area (Å²) in [7, 11) is 6.75. The van der Waals surface area contributed by atoms with Gasteiger partial charge in [0.1, 0.15) is 11.6 Å². The SMILES string of the molecule is COc1cc2nc(C)nc(NC(C)c3cccc(-c4ccccc4C(=O)N(C)C)c3)c2cc1OC. The Morgan fingerprint density at radius 2 is 1.66 bits per heavy atom. The zero-order valence-corrected chi connectivity index (χ0v) is 20.9. The molecule has 0 spiro atoms. The number of methoxy groups -OCH3 is 2. The van der Waals surface area contributed by atoms with Crippen LogP contribution in [0.2, 0.25) is 0 Å². The second-order valence-corrected chi connectivity index (χ2v) is 8.58. The van der Waals surface area contributed by atoms with Crippen LogP contribution in [0.3, 0.4) is 0 Å². The fraction of sp³-hybridized carbons (Fsp3) is 0.250. The minimum absolute atomic E-state index is 0.0236. The summed E-state index contributed by atoms with van der Waals surface area (Å²) >= 11 is 0. The fourth-order valence-electron chi connectivity index (χ4n) is 4.11. The van der Waals surface area contributed by atoms with Crippen molar-refractivity contribution >= 4 is 22.6 Å². The van der Waals surface area contributed by atoms with Crippen LogP contribution in [0.5, 0.6) is 11.5 Å². The zero-order chi connectivity index (χ0) is 25.1. The number of amides is 1. The third kappa shape index (κ3) is 4.89. The lowest BCUT2D eigenvalue weighted by molar-refractivity contribution is 0.0828. The summed E-state index contributed by atoms with van der Waals surface area (Å²) in [5.74, 6) is 2.59. The maximum absolute atomic E-state index is 12.7. The Morgan fingerprint density at radius 1 is 0.943 bits per heavy atom. The third-order valence-corrected chi connectivity index (χ3v) is 5.93. The smallest absolute Gasteiger partial charge is 0.253 e. The first kappa shape index (κ1) is 24.0. The molecule has 0 radical (unpaired) electrons. The Hall–Kier alpha value is -4.13. The van der Waals surface area contributed by atoms with E-state index in [1.54, 1.807) is 33.2 Å². The second kappa shape index (κ2) is 10.0. The number of hydrogen-bond acceptors (Lipinski definition) is 6. The Labute approximate surface area is 205 Å². The number of nitrogens with one attached hydrogen (secondary N) is 1. The summed E-state index contributed by atoms with van der Waals surface area (Å²) < 4.78 is 10.9. The van der Waals surface area contributed by atoms with Crippen molar-refractivity contribution in [2.24, 2.45) is 0 Å². The number of aryl methyl sites for hydroxylation is 1. The molecule has 1 unspecified atom stereocenters. The lowest BCUT2D eigenvalue weighted by Crippen LogP contribution is -2.22. The van der Waals surface area contributed by atoms with E-state index in [0.717, 1.165) is 33.4 Å². The second-order valence-electron chi connectivity index (χ2n) is 8.58. The first-order chi connectivity index (χ1) is 16.8. The van der Waals surface area contributed by atoms with Crippen LogP contribution in [0.15, 0.2) is 60.7 Å². The lowest BCUT2D eigenvalue weighted by atomic mass is 9.96. The van der Waals surface area contributed by atoms with Crippen molar-refractivity contribution in [3.8, 4) is 22.6 Å². The number of nitrogens with zero attached hydrogens (tertiary/aromatic N) is 3. The highest BCUT2D eigenvalue weighted by Gasteiger charge is 2.17. The van der Waals surface area contributed by atoms with Gasteiger partial charge in [0.05, 0.1) is 19.7 Å². The predicted molar refractivity (Wildman–Crippen MR) is 139 cm³/mol. The average molecular weight is 471 g/mol. The van der Waals surface area contributed by atoms with Crippen molar-refractivity contribution in [2.75, 3.05) is 33.6 Å². The summed E-state index contributed by atoms with van der Waals surface area (Å²) in [4.78, 5) is 23.6. The number of ether oxygens (including phenoxy) is 2. The van der Waals surface area contributed by atoms with Gasteiger partial charge in [-0.15, -0.1) is 0 Å². The van der Waals surface area contributed by atoms with Crippen LogP contribution in [-0.2, 0) is 0 Å². The number of fused-ring (bicyclic) bond motifs is 1. The summed E-state index contributed by atoms with van der Waals surface area (Å²) in [6.45, 7) is 3.95. The van der Waals surface area contributed by atoms with Crippen LogP contribution in [0, 0.1) is 6.92 Å². The van der Waals surface area contributed by atoms with Gasteiger partial charge in [-0.2, -0.15) is 0 Å². The molecule has 0 aliphatic carbocycles. The Kier molecular flexibility index (Phi) is 6.87. The van der Waals surface area contributed by atoms with Crippen LogP contribution in [0.25, 0.3) is 22.0 Å². The van der Waals surface area contributed by atoms with E-state index in [4.69, 9.17) is 9.47 Å². The highest BCUT2D eigenvalue weighted by Crippen LogP contribution is 2.35. The van der Waals surface area contributed by atoms with E-state index < -0.39 is 0 Å². The molecule has 3 aromatic carbocycles. The van der Waals surface area contributed by atoms with Crippen molar-refractivity contribution in [2.45, 2.75) is 19.9 Å². The molecule has 7 heteroatoms. The molecule has 180 valence electrons. The predicted octanol–water partition coefficient (Wildman–Crippen LogP) is 5.50. The molecule has 0 saturated carbocycles. The molecular weight excluding hydrogens is 440 g/mol. The van der Waals surface area contributed by atoms with Crippen LogP contribution in [0.4, 0.5) is 5.82 Å². The number of benzene rings is 3. The van der Waals surface area contributed by atoms with Gasteiger partial charge < -0.3 is 19.7 Å². The van der Waals surface area contributed by atoms with Gasteiger partial charge in [-0.05, 0) is 48.7 Å². The topological polar surface area (TPSA) is 76.6 Å². The molecule has 1 aromatic heterocycles. The minimum atomic E-state index is -0.0581. The standard InChI is InChI=1S/C28H30N4O3/c1-17(29-27-23-15-25(34-5)26(35-6)16-24(23)30-18(2)31-27)19-10-9-11-20(14-19)21-12-7-8-13-22(21)28(33)32(3)4/h7-17H,1-6H3,(H,29,30,31). The van der Waals surface area contributed by atoms with Gasteiger partial charge in [0.15, 0.2) is 11.5 Å². The van der Waals surface area contributed by atoms with Crippen LogP contribution in [-0.4, -0.2) is 49.1 Å². The molecule has 7 nitrogen and oxygen atoms in total. The number of carbonyl (C=O) groups excluding carboxylic acids is 1. The Morgan fingerprint density at radius 3 is 2.37 bits per heavy atom. The summed E-state index contributed by atoms with van der Waals surface area (Å²) in [5.41, 5.74) is 4.40. The molecule has 1 heterocycles. The van der Waals surface area contributed by atoms with Gasteiger partial charge in [0.25, 0.3) is 5.91 Å². The van der Waals surface area contributed by atoms with E-state index in [9.17, 15) is 4.79 Å². The molecule has 1 atom stereocenters. The maximum Gasteiger partial charge on any atom is 0.253 e. The van der Waals surface area contributed by atoms with Crippen molar-refractivity contribution in [3.63, 3.8) is 0 Å². The molecule has 1 amide bonds. The highest BCUT2D eigenvalue weighted by atomic mass is 16.5. The fourth-order valence-corrected chi connectivity index (χ4v) is 4.11. The number of hydrogen-bond donors (Lipinski definition) is 1. The molecule has 0 aliphatic rings. The molecular formula is C28H30N4O3. The third-order valence-electron chi connectivity index (χ3n) is 5.93. The van der Waals surface area contributed by atoms with E-state index in [-0.39, 0.29) is 11.9 Å². The van der Waals surface area contributed by atoms with Crippen LogP contribution in [0.1, 0.15) is 34.7 Å². The number of rotatable bonds is 7. The van der Waals surface area contributed by atoms with Crippen molar-refractivity contribution in [1.82, 2.24) is 14.9 Å². The number of carbonyl (C=O) groups is 1. The van der Waals surface area contributed by atoms with E-state index >= 15 is 0 Å². The quantitative estimate of drug-likeness (QED) is 0.385. The van der Waals surface area contributed by atoms with Gasteiger partial charge in [-0.25, -0.2) is 9.97 Å². The number of aromatic nitrogens is 2. The van der Waals surface area contributed by atoms with Gasteiger partial charge in [-0.1, -0.05) is 36.4 Å². The van der Waals surface area contributed by atoms with Gasteiger partial charge in [0.2, 0.25) is 0 Å². The maximum atomic E-state index is 12.7. The lowest BCUT2D eigenvalue weighted by Gasteiger charge is -2.19. The van der Waals surface area contributed by atoms with Gasteiger partial charge in [-0.3, -0.25) is 4.79 Å². The highest BCUT2D eigenvalue weighted by molar-refractivity contribution is 6.00.